The number of hydrogen-bond acceptors (Lipinski definition) is 2. The molecule has 0 spiro atoms. The molecule has 0 amide bonds. The van der Waals surface area contributed by atoms with Gasteiger partial charge in [-0.25, -0.2) is 4.99 Å². The van der Waals surface area contributed by atoms with Crippen LogP contribution in [0.25, 0.3) is 0 Å². The van der Waals surface area contributed by atoms with Crippen LogP contribution in [0.1, 0.15) is 33.6 Å². The van der Waals surface area contributed by atoms with Crippen molar-refractivity contribution < 1.29 is 4.74 Å². The molecule has 0 saturated heterocycles. The molecule has 2 aliphatic rings. The van der Waals surface area contributed by atoms with Crippen LogP contribution in [-0.4, -0.2) is 11.4 Å². The highest BCUT2D eigenvalue weighted by Gasteiger charge is 2.23. The van der Waals surface area contributed by atoms with Crippen LogP contribution >= 0.6 is 0 Å². The molecule has 2 rings (SSSR count). The molecule has 2 heteroatoms. The van der Waals surface area contributed by atoms with E-state index in [1.165, 1.54) is 5.57 Å². The van der Waals surface area contributed by atoms with E-state index >= 15 is 0 Å². The number of rotatable bonds is 1. The molecular weight excluding hydrogens is 186 g/mol. The second-order valence-corrected chi connectivity index (χ2v) is 4.59. The molecule has 80 valence electrons. The second kappa shape index (κ2) is 3.69. The van der Waals surface area contributed by atoms with Gasteiger partial charge in [0.05, 0.1) is 5.54 Å². The summed E-state index contributed by atoms with van der Waals surface area (Å²) in [6, 6.07) is 0. The van der Waals surface area contributed by atoms with Crippen molar-refractivity contribution in [2.24, 2.45) is 4.99 Å². The molecule has 1 aliphatic heterocycles. The summed E-state index contributed by atoms with van der Waals surface area (Å²) in [5.74, 6) is 1.74. The summed E-state index contributed by atoms with van der Waals surface area (Å²) in [5, 5.41) is 0. The van der Waals surface area contributed by atoms with Gasteiger partial charge in [0.2, 0.25) is 5.90 Å². The van der Waals surface area contributed by atoms with E-state index in [0.29, 0.717) is 0 Å². The third-order valence-corrected chi connectivity index (χ3v) is 2.49. The molecule has 0 atom stereocenters. The van der Waals surface area contributed by atoms with Gasteiger partial charge in [0.1, 0.15) is 5.76 Å². The zero-order valence-corrected chi connectivity index (χ0v) is 9.58. The maximum absolute atomic E-state index is 5.67. The molecule has 1 aliphatic carbocycles. The summed E-state index contributed by atoms with van der Waals surface area (Å²) in [6.45, 7) is 6.17. The van der Waals surface area contributed by atoms with Gasteiger partial charge in [0.15, 0.2) is 0 Å². The van der Waals surface area contributed by atoms with E-state index in [1.54, 1.807) is 0 Å². The number of allylic oxidation sites excluding steroid dienone is 4. The third kappa shape index (κ3) is 2.38. The fourth-order valence-electron chi connectivity index (χ4n) is 1.91. The molecule has 1 heterocycles. The Morgan fingerprint density at radius 1 is 1.40 bits per heavy atom. The summed E-state index contributed by atoms with van der Waals surface area (Å²) in [5.41, 5.74) is 1.07. The Morgan fingerprint density at radius 3 is 2.80 bits per heavy atom. The highest BCUT2D eigenvalue weighted by Crippen LogP contribution is 2.25. The van der Waals surface area contributed by atoms with E-state index in [0.717, 1.165) is 24.5 Å². The van der Waals surface area contributed by atoms with Crippen molar-refractivity contribution in [3.05, 3.63) is 35.6 Å². The first-order chi connectivity index (χ1) is 7.07. The highest BCUT2D eigenvalue weighted by atomic mass is 16.5. The molecular formula is C13H17NO. The smallest absolute Gasteiger partial charge is 0.218 e. The van der Waals surface area contributed by atoms with E-state index in [-0.39, 0.29) is 5.54 Å². The molecule has 0 unspecified atom stereocenters. The van der Waals surface area contributed by atoms with Crippen LogP contribution in [0.5, 0.6) is 0 Å². The monoisotopic (exact) mass is 203 g/mol. The van der Waals surface area contributed by atoms with Gasteiger partial charge < -0.3 is 4.74 Å². The summed E-state index contributed by atoms with van der Waals surface area (Å²) < 4.78 is 5.67. The second-order valence-electron chi connectivity index (χ2n) is 4.59. The lowest BCUT2D eigenvalue weighted by Gasteiger charge is -2.25. The maximum atomic E-state index is 5.67. The molecule has 0 aromatic heterocycles. The van der Waals surface area contributed by atoms with Gasteiger partial charge in [-0.15, -0.1) is 0 Å². The molecule has 0 saturated carbocycles. The van der Waals surface area contributed by atoms with Crippen LogP contribution in [0.15, 0.2) is 40.6 Å². The number of aliphatic imine (C=N–C) groups is 1. The lowest BCUT2D eigenvalue weighted by molar-refractivity contribution is 0.378. The summed E-state index contributed by atoms with van der Waals surface area (Å²) in [7, 11) is 0. The van der Waals surface area contributed by atoms with E-state index in [9.17, 15) is 0 Å². The van der Waals surface area contributed by atoms with Crippen LogP contribution in [0.3, 0.4) is 0 Å². The topological polar surface area (TPSA) is 21.6 Å². The van der Waals surface area contributed by atoms with Crippen LogP contribution in [0, 0.1) is 0 Å². The normalized spacial score (nSPS) is 23.8. The van der Waals surface area contributed by atoms with Gasteiger partial charge >= 0.3 is 0 Å². The third-order valence-electron chi connectivity index (χ3n) is 2.49. The Labute approximate surface area is 91.0 Å². The quantitative estimate of drug-likeness (QED) is 0.640. The SMILES string of the molecule is CC1=CC(C)(C)N=C(C2=CC=CCC2)O1. The number of hydrogen-bond donors (Lipinski definition) is 0. The first-order valence-corrected chi connectivity index (χ1v) is 5.40. The highest BCUT2D eigenvalue weighted by molar-refractivity contribution is 5.95. The first kappa shape index (κ1) is 10.2. The molecule has 0 fully saturated rings. The Morgan fingerprint density at radius 2 is 2.20 bits per heavy atom. The van der Waals surface area contributed by atoms with Crippen molar-refractivity contribution in [2.45, 2.75) is 39.2 Å². The molecule has 15 heavy (non-hydrogen) atoms. The summed E-state index contributed by atoms with van der Waals surface area (Å²) in [4.78, 5) is 4.60. The van der Waals surface area contributed by atoms with E-state index in [1.807, 2.05) is 6.92 Å². The van der Waals surface area contributed by atoms with Gasteiger partial charge in [-0.1, -0.05) is 18.2 Å². The van der Waals surface area contributed by atoms with Crippen molar-refractivity contribution in [1.82, 2.24) is 0 Å². The summed E-state index contributed by atoms with van der Waals surface area (Å²) >= 11 is 0. The molecule has 0 radical (unpaired) electrons. The Bertz CT molecular complexity index is 383. The lowest BCUT2D eigenvalue weighted by atomic mass is 10.0. The van der Waals surface area contributed by atoms with Crippen LogP contribution in [-0.2, 0) is 4.74 Å². The van der Waals surface area contributed by atoms with Crippen molar-refractivity contribution in [3.8, 4) is 0 Å². The first-order valence-electron chi connectivity index (χ1n) is 5.40. The molecule has 0 aromatic rings. The van der Waals surface area contributed by atoms with Gasteiger partial charge in [-0.3, -0.25) is 0 Å². The lowest BCUT2D eigenvalue weighted by Crippen LogP contribution is -2.24. The standard InChI is InChI=1S/C13H17NO/c1-10-9-13(2,3)14-12(15-10)11-7-5-4-6-8-11/h4-5,7,9H,6,8H2,1-3H3. The predicted octanol–water partition coefficient (Wildman–Crippen LogP) is 3.37. The van der Waals surface area contributed by atoms with Crippen molar-refractivity contribution in [3.63, 3.8) is 0 Å². The Hall–Kier alpha value is -1.31. The molecule has 2 nitrogen and oxygen atoms in total. The predicted molar refractivity (Wildman–Crippen MR) is 62.8 cm³/mol. The van der Waals surface area contributed by atoms with Crippen molar-refractivity contribution in [2.75, 3.05) is 0 Å². The van der Waals surface area contributed by atoms with E-state index in [4.69, 9.17) is 4.74 Å². The van der Waals surface area contributed by atoms with E-state index < -0.39 is 0 Å². The summed E-state index contributed by atoms with van der Waals surface area (Å²) in [6.07, 6.45) is 10.5. The fraction of sp³-hybridized carbons (Fsp3) is 0.462. The zero-order chi connectivity index (χ0) is 10.9. The average molecular weight is 203 g/mol. The molecule has 0 aromatic carbocycles. The van der Waals surface area contributed by atoms with Gasteiger partial charge in [0.25, 0.3) is 0 Å². The minimum Gasteiger partial charge on any atom is -0.444 e. The molecule has 0 N–H and O–H groups in total. The minimum absolute atomic E-state index is 0.139. The number of nitrogens with zero attached hydrogens (tertiary/aromatic N) is 1. The van der Waals surface area contributed by atoms with Gasteiger partial charge in [-0.05, 0) is 39.7 Å². The van der Waals surface area contributed by atoms with Crippen LogP contribution in [0.2, 0.25) is 0 Å². The molecule has 0 bridgehead atoms. The van der Waals surface area contributed by atoms with Crippen molar-refractivity contribution >= 4 is 5.90 Å². The minimum atomic E-state index is -0.139. The number of ether oxygens (including phenoxy) is 1. The fourth-order valence-corrected chi connectivity index (χ4v) is 1.91. The van der Waals surface area contributed by atoms with Gasteiger partial charge in [0, 0.05) is 5.57 Å². The average Bonchev–Trinajstić information content (AvgIpc) is 2.16. The largest absolute Gasteiger partial charge is 0.444 e. The van der Waals surface area contributed by atoms with E-state index in [2.05, 4.69) is 43.1 Å². The zero-order valence-electron chi connectivity index (χ0n) is 9.58. The maximum Gasteiger partial charge on any atom is 0.218 e. The van der Waals surface area contributed by atoms with Gasteiger partial charge in [-0.2, -0.15) is 0 Å². The Balaban J connectivity index is 2.27. The van der Waals surface area contributed by atoms with Crippen molar-refractivity contribution in [1.29, 1.82) is 0 Å². The Kier molecular flexibility index (Phi) is 2.51. The van der Waals surface area contributed by atoms with Crippen LogP contribution in [0.4, 0.5) is 0 Å². The van der Waals surface area contributed by atoms with Crippen LogP contribution < -0.4 is 0 Å².